The van der Waals surface area contributed by atoms with E-state index in [9.17, 15) is 9.59 Å². The molecule has 1 saturated carbocycles. The first-order chi connectivity index (χ1) is 8.49. The number of aliphatic carboxylic acids is 1. The first kappa shape index (κ1) is 13.0. The fourth-order valence-electron chi connectivity index (χ4n) is 2.40. The average molecular weight is 268 g/mol. The number of aryl methyl sites for hydroxylation is 2. The van der Waals surface area contributed by atoms with E-state index >= 15 is 0 Å². The van der Waals surface area contributed by atoms with E-state index in [0.717, 1.165) is 22.7 Å². The Labute approximate surface area is 109 Å². The Balaban J connectivity index is 2.07. The third-order valence-electron chi connectivity index (χ3n) is 3.27. The first-order valence-corrected chi connectivity index (χ1v) is 6.78. The van der Waals surface area contributed by atoms with Crippen molar-refractivity contribution in [3.8, 4) is 0 Å². The van der Waals surface area contributed by atoms with Gasteiger partial charge in [-0.25, -0.2) is 4.98 Å². The number of hydrogen-bond acceptors (Lipinski definition) is 4. The van der Waals surface area contributed by atoms with Gasteiger partial charge < -0.3 is 10.4 Å². The van der Waals surface area contributed by atoms with Gasteiger partial charge in [-0.15, -0.1) is 11.3 Å². The lowest BCUT2D eigenvalue weighted by molar-refractivity contribution is -0.142. The van der Waals surface area contributed by atoms with Crippen LogP contribution in [0.25, 0.3) is 0 Å². The van der Waals surface area contributed by atoms with Crippen LogP contribution in [0, 0.1) is 19.8 Å². The minimum absolute atomic E-state index is 0.255. The van der Waals surface area contributed by atoms with Crippen LogP contribution in [0.3, 0.4) is 0 Å². The van der Waals surface area contributed by atoms with Gasteiger partial charge in [-0.3, -0.25) is 9.59 Å². The van der Waals surface area contributed by atoms with Crippen molar-refractivity contribution in [1.82, 2.24) is 10.3 Å². The molecule has 1 aliphatic rings. The minimum atomic E-state index is -0.830. The summed E-state index contributed by atoms with van der Waals surface area (Å²) < 4.78 is 0. The van der Waals surface area contributed by atoms with E-state index in [-0.39, 0.29) is 11.9 Å². The summed E-state index contributed by atoms with van der Waals surface area (Å²) in [6, 6.07) is -0.267. The van der Waals surface area contributed by atoms with Crippen molar-refractivity contribution in [2.75, 3.05) is 0 Å². The molecule has 1 heterocycles. The van der Waals surface area contributed by atoms with Crippen molar-refractivity contribution in [3.05, 3.63) is 15.6 Å². The number of carbonyl (C=O) groups excluding carboxylic acids is 1. The van der Waals surface area contributed by atoms with Crippen LogP contribution < -0.4 is 5.32 Å². The summed E-state index contributed by atoms with van der Waals surface area (Å²) in [7, 11) is 0. The van der Waals surface area contributed by atoms with Gasteiger partial charge in [0.05, 0.1) is 10.9 Å². The molecule has 0 spiro atoms. The number of nitrogens with one attached hydrogen (secondary N) is 1. The number of nitrogens with zero attached hydrogens (tertiary/aromatic N) is 1. The van der Waals surface area contributed by atoms with Crippen molar-refractivity contribution in [1.29, 1.82) is 0 Å². The van der Waals surface area contributed by atoms with Crippen molar-refractivity contribution in [3.63, 3.8) is 0 Å². The molecule has 1 aromatic heterocycles. The molecular formula is C12H16N2O3S. The maximum Gasteiger partial charge on any atom is 0.308 e. The molecule has 18 heavy (non-hydrogen) atoms. The molecule has 1 fully saturated rings. The Morgan fingerprint density at radius 3 is 2.67 bits per heavy atom. The Morgan fingerprint density at radius 1 is 1.39 bits per heavy atom. The molecule has 0 aromatic carbocycles. The van der Waals surface area contributed by atoms with Crippen LogP contribution in [-0.4, -0.2) is 28.0 Å². The second-order valence-electron chi connectivity index (χ2n) is 4.59. The van der Waals surface area contributed by atoms with E-state index < -0.39 is 11.9 Å². The molecule has 1 amide bonds. The van der Waals surface area contributed by atoms with Gasteiger partial charge in [0.15, 0.2) is 0 Å². The van der Waals surface area contributed by atoms with Gasteiger partial charge in [0, 0.05) is 10.9 Å². The maximum absolute atomic E-state index is 12.0. The summed E-state index contributed by atoms with van der Waals surface area (Å²) in [6.07, 6.45) is 2.21. The van der Waals surface area contributed by atoms with Gasteiger partial charge in [0.1, 0.15) is 5.69 Å². The smallest absolute Gasteiger partial charge is 0.308 e. The lowest BCUT2D eigenvalue weighted by atomic mass is 10.0. The molecule has 98 valence electrons. The van der Waals surface area contributed by atoms with Crippen LogP contribution in [0.2, 0.25) is 0 Å². The molecule has 1 aromatic rings. The lowest BCUT2D eigenvalue weighted by Crippen LogP contribution is -2.40. The predicted molar refractivity (Wildman–Crippen MR) is 67.8 cm³/mol. The van der Waals surface area contributed by atoms with Gasteiger partial charge >= 0.3 is 5.97 Å². The third kappa shape index (κ3) is 2.53. The Hall–Kier alpha value is -1.43. The van der Waals surface area contributed by atoms with Crippen LogP contribution in [-0.2, 0) is 4.79 Å². The zero-order chi connectivity index (χ0) is 13.3. The summed E-state index contributed by atoms with van der Waals surface area (Å²) in [5.74, 6) is -1.55. The second kappa shape index (κ2) is 5.06. The predicted octanol–water partition coefficient (Wildman–Crippen LogP) is 1.74. The molecule has 0 unspecified atom stereocenters. The van der Waals surface area contributed by atoms with E-state index in [4.69, 9.17) is 5.11 Å². The molecule has 0 radical (unpaired) electrons. The van der Waals surface area contributed by atoms with Crippen LogP contribution in [0.4, 0.5) is 0 Å². The van der Waals surface area contributed by atoms with E-state index in [1.54, 1.807) is 0 Å². The van der Waals surface area contributed by atoms with Crippen molar-refractivity contribution >= 4 is 23.2 Å². The van der Waals surface area contributed by atoms with Gasteiger partial charge in [-0.1, -0.05) is 6.42 Å². The van der Waals surface area contributed by atoms with Crippen molar-refractivity contribution in [2.24, 2.45) is 5.92 Å². The molecule has 0 bridgehead atoms. The maximum atomic E-state index is 12.0. The fraction of sp³-hybridized carbons (Fsp3) is 0.583. The normalized spacial score (nSPS) is 23.0. The summed E-state index contributed by atoms with van der Waals surface area (Å²) in [5, 5.41) is 12.7. The standard InChI is InChI=1S/C12H16N2O3S/c1-6-10(13-7(2)18-6)11(15)14-9-5-3-4-8(9)12(16)17/h8-9H,3-5H2,1-2H3,(H,14,15)(H,16,17)/t8-,9+/m0/s1. The average Bonchev–Trinajstić information content (AvgIpc) is 2.85. The number of carboxylic acids is 1. The van der Waals surface area contributed by atoms with Crippen LogP contribution in [0.15, 0.2) is 0 Å². The Bertz CT molecular complexity index is 484. The number of rotatable bonds is 3. The molecular weight excluding hydrogens is 252 g/mol. The van der Waals surface area contributed by atoms with Gasteiger partial charge in [-0.05, 0) is 26.7 Å². The van der Waals surface area contributed by atoms with Crippen molar-refractivity contribution in [2.45, 2.75) is 39.2 Å². The van der Waals surface area contributed by atoms with Crippen molar-refractivity contribution < 1.29 is 14.7 Å². The number of carbonyl (C=O) groups is 2. The monoisotopic (exact) mass is 268 g/mol. The number of thiazole rings is 1. The fourth-order valence-corrected chi connectivity index (χ4v) is 3.22. The summed E-state index contributed by atoms with van der Waals surface area (Å²) in [5.41, 5.74) is 0.425. The van der Waals surface area contributed by atoms with Crippen LogP contribution in [0.1, 0.15) is 39.6 Å². The van der Waals surface area contributed by atoms with E-state index in [1.807, 2.05) is 13.8 Å². The van der Waals surface area contributed by atoms with Crippen LogP contribution in [0.5, 0.6) is 0 Å². The zero-order valence-electron chi connectivity index (χ0n) is 10.4. The Morgan fingerprint density at radius 2 is 2.11 bits per heavy atom. The highest BCUT2D eigenvalue weighted by Crippen LogP contribution is 2.26. The van der Waals surface area contributed by atoms with E-state index in [1.165, 1.54) is 11.3 Å². The highest BCUT2D eigenvalue weighted by Gasteiger charge is 2.34. The van der Waals surface area contributed by atoms with Gasteiger partial charge in [0.25, 0.3) is 5.91 Å². The van der Waals surface area contributed by atoms with Gasteiger partial charge in [-0.2, -0.15) is 0 Å². The SMILES string of the molecule is Cc1nc(C(=O)N[C@@H]2CCC[C@@H]2C(=O)O)c(C)s1. The topological polar surface area (TPSA) is 79.3 Å². The van der Waals surface area contributed by atoms with Crippen LogP contribution >= 0.6 is 11.3 Å². The molecule has 0 saturated heterocycles. The number of amides is 1. The summed E-state index contributed by atoms with van der Waals surface area (Å²) in [6.45, 7) is 3.70. The largest absolute Gasteiger partial charge is 0.481 e. The highest BCUT2D eigenvalue weighted by molar-refractivity contribution is 7.11. The number of carboxylic acid groups (broad SMARTS) is 1. The van der Waals surface area contributed by atoms with E-state index in [2.05, 4.69) is 10.3 Å². The second-order valence-corrected chi connectivity index (χ2v) is 6.00. The summed E-state index contributed by atoms with van der Waals surface area (Å²) >= 11 is 1.47. The minimum Gasteiger partial charge on any atom is -0.481 e. The molecule has 2 N–H and O–H groups in total. The first-order valence-electron chi connectivity index (χ1n) is 5.96. The number of hydrogen-bond donors (Lipinski definition) is 2. The number of aromatic nitrogens is 1. The molecule has 2 rings (SSSR count). The lowest BCUT2D eigenvalue weighted by Gasteiger charge is -2.16. The zero-order valence-corrected chi connectivity index (χ0v) is 11.2. The van der Waals surface area contributed by atoms with E-state index in [0.29, 0.717) is 12.1 Å². The quantitative estimate of drug-likeness (QED) is 0.875. The highest BCUT2D eigenvalue weighted by atomic mass is 32.1. The Kier molecular flexibility index (Phi) is 3.65. The molecule has 0 aliphatic heterocycles. The molecule has 5 nitrogen and oxygen atoms in total. The molecule has 6 heteroatoms. The summed E-state index contributed by atoms with van der Waals surface area (Å²) in [4.78, 5) is 28.1. The van der Waals surface area contributed by atoms with Gasteiger partial charge in [0.2, 0.25) is 0 Å². The molecule has 2 atom stereocenters. The third-order valence-corrected chi connectivity index (χ3v) is 4.15. The molecule has 1 aliphatic carbocycles.